The summed E-state index contributed by atoms with van der Waals surface area (Å²) in [6.07, 6.45) is 4.92. The fraction of sp³-hybridized carbons (Fsp3) is 0.160. The summed E-state index contributed by atoms with van der Waals surface area (Å²) in [6, 6.07) is 20.8. The molecular weight excluding hydrogens is 388 g/mol. The van der Waals surface area contributed by atoms with Gasteiger partial charge in [-0.25, -0.2) is 4.98 Å². The summed E-state index contributed by atoms with van der Waals surface area (Å²) >= 11 is 0. The second-order valence-corrected chi connectivity index (χ2v) is 7.80. The lowest BCUT2D eigenvalue weighted by molar-refractivity contribution is -0.378. The van der Waals surface area contributed by atoms with Crippen LogP contribution >= 0.6 is 0 Å². The second-order valence-electron chi connectivity index (χ2n) is 7.80. The summed E-state index contributed by atoms with van der Waals surface area (Å²) in [6.45, 7) is 0.440. The third kappa shape index (κ3) is 3.92. The first-order chi connectivity index (χ1) is 15.2. The van der Waals surface area contributed by atoms with Crippen LogP contribution in [0.4, 0.5) is 0 Å². The van der Waals surface area contributed by atoms with Crippen molar-refractivity contribution >= 4 is 11.6 Å². The molecule has 2 aliphatic rings. The predicted molar refractivity (Wildman–Crippen MR) is 117 cm³/mol. The minimum Gasteiger partial charge on any atom is -0.508 e. The van der Waals surface area contributed by atoms with E-state index in [1.165, 1.54) is 0 Å². The maximum atomic E-state index is 13.3. The third-order valence-electron chi connectivity index (χ3n) is 5.64. The molecule has 1 aromatic heterocycles. The first-order valence-corrected chi connectivity index (χ1v) is 10.3. The van der Waals surface area contributed by atoms with Crippen LogP contribution in [0.3, 0.4) is 0 Å². The van der Waals surface area contributed by atoms with Gasteiger partial charge in [-0.3, -0.25) is 14.7 Å². The number of phenolic OH excluding ortho intramolecular Hbond substituents is 1. The van der Waals surface area contributed by atoms with Gasteiger partial charge < -0.3 is 10.4 Å². The minimum atomic E-state index is -0.357. The van der Waals surface area contributed by atoms with E-state index in [9.17, 15) is 9.90 Å². The highest BCUT2D eigenvalue weighted by Crippen LogP contribution is 2.28. The fourth-order valence-electron chi connectivity index (χ4n) is 4.05. The number of hydrogen-bond donors (Lipinski definition) is 2. The van der Waals surface area contributed by atoms with E-state index >= 15 is 0 Å². The van der Waals surface area contributed by atoms with Crippen LogP contribution in [-0.2, 0) is 17.6 Å². The van der Waals surface area contributed by atoms with Crippen molar-refractivity contribution in [1.82, 2.24) is 10.2 Å². The lowest BCUT2D eigenvalue weighted by atomic mass is 10.1. The molecule has 1 unspecified atom stereocenters. The summed E-state index contributed by atoms with van der Waals surface area (Å²) in [5.41, 5.74) is 4.88. The number of benzene rings is 2. The number of nitrogens with zero attached hydrogens (tertiary/aromatic N) is 2. The van der Waals surface area contributed by atoms with Gasteiger partial charge in [0.15, 0.2) is 12.4 Å². The smallest absolute Gasteiger partial charge is 0.251 e. The summed E-state index contributed by atoms with van der Waals surface area (Å²) in [4.78, 5) is 23.1. The maximum absolute atomic E-state index is 13.3. The van der Waals surface area contributed by atoms with E-state index in [0.717, 1.165) is 33.9 Å². The van der Waals surface area contributed by atoms with E-state index in [-0.39, 0.29) is 17.7 Å². The minimum absolute atomic E-state index is 0.0449. The molecule has 0 radical (unpaired) electrons. The fourth-order valence-corrected chi connectivity index (χ4v) is 4.05. The largest absolute Gasteiger partial charge is 0.508 e. The van der Waals surface area contributed by atoms with Crippen LogP contribution in [0.15, 0.2) is 95.6 Å². The van der Waals surface area contributed by atoms with Gasteiger partial charge in [0.25, 0.3) is 5.91 Å². The lowest BCUT2D eigenvalue weighted by Gasteiger charge is -2.25. The molecule has 1 amide bonds. The van der Waals surface area contributed by atoms with Crippen LogP contribution in [-0.4, -0.2) is 34.2 Å². The van der Waals surface area contributed by atoms with E-state index in [0.29, 0.717) is 19.4 Å². The molecule has 2 aromatic carbocycles. The van der Waals surface area contributed by atoms with Gasteiger partial charge in [-0.15, -0.1) is 0 Å². The molecule has 31 heavy (non-hydrogen) atoms. The zero-order valence-electron chi connectivity index (χ0n) is 17.0. The van der Waals surface area contributed by atoms with Gasteiger partial charge in [-0.2, -0.15) is 0 Å². The number of aromatic nitrogens is 1. The standard InChI is InChI=1S/C25H22N4O2/c30-20-8-6-18(7-9-20)15-22-25(31)29-16-23(19-10-12-26-13-11-19)27-21(24(29)28-22)14-17-4-2-1-3-5-17/h1-13,22,28,30H,14-16H2/p+1. The molecule has 3 N–H and O–H groups in total. The molecule has 0 saturated carbocycles. The number of rotatable bonds is 5. The van der Waals surface area contributed by atoms with E-state index in [2.05, 4.69) is 22.4 Å². The monoisotopic (exact) mass is 411 g/mol. The van der Waals surface area contributed by atoms with E-state index in [1.807, 2.05) is 59.8 Å². The van der Waals surface area contributed by atoms with Crippen molar-refractivity contribution < 1.29 is 14.9 Å². The van der Waals surface area contributed by atoms with Crippen molar-refractivity contribution in [3.05, 3.63) is 107 Å². The third-order valence-corrected chi connectivity index (χ3v) is 5.64. The zero-order chi connectivity index (χ0) is 21.2. The average Bonchev–Trinajstić information content (AvgIpc) is 3.12. The quantitative estimate of drug-likeness (QED) is 0.677. The SMILES string of the molecule is O=C1C(Cc2ccc(O)cc2)NC2=C(Cc3ccccc3)N=C(c3cc[nH+]cc3)CN12. The van der Waals surface area contributed by atoms with Crippen LogP contribution < -0.4 is 10.3 Å². The number of carbonyl (C=O) groups excluding carboxylic acids is 1. The molecule has 3 heterocycles. The van der Waals surface area contributed by atoms with Gasteiger partial charge in [0, 0.05) is 30.5 Å². The lowest BCUT2D eigenvalue weighted by Crippen LogP contribution is -2.37. The van der Waals surface area contributed by atoms with Gasteiger partial charge in [0.2, 0.25) is 0 Å². The maximum Gasteiger partial charge on any atom is 0.251 e. The van der Waals surface area contributed by atoms with Crippen molar-refractivity contribution in [2.75, 3.05) is 6.54 Å². The van der Waals surface area contributed by atoms with E-state index in [1.54, 1.807) is 12.1 Å². The number of nitrogens with one attached hydrogen (secondary N) is 2. The molecule has 1 atom stereocenters. The Kier molecular flexibility index (Phi) is 4.96. The van der Waals surface area contributed by atoms with Crippen LogP contribution in [0.2, 0.25) is 0 Å². The van der Waals surface area contributed by atoms with Crippen molar-refractivity contribution in [2.45, 2.75) is 18.9 Å². The number of fused-ring (bicyclic) bond motifs is 1. The van der Waals surface area contributed by atoms with Gasteiger partial charge in [-0.05, 0) is 23.3 Å². The summed E-state index contributed by atoms with van der Waals surface area (Å²) in [5, 5.41) is 13.0. The highest BCUT2D eigenvalue weighted by molar-refractivity contribution is 6.06. The molecule has 5 rings (SSSR count). The highest BCUT2D eigenvalue weighted by Gasteiger charge is 2.39. The van der Waals surface area contributed by atoms with Crippen molar-refractivity contribution in [3.63, 3.8) is 0 Å². The Labute approximate surface area is 180 Å². The Morgan fingerprint density at radius 3 is 2.48 bits per heavy atom. The molecule has 0 spiro atoms. The second kappa shape index (κ2) is 8.07. The molecule has 1 fully saturated rings. The number of aromatic amines is 1. The van der Waals surface area contributed by atoms with Crippen LogP contribution in [0, 0.1) is 0 Å². The van der Waals surface area contributed by atoms with Crippen LogP contribution in [0.1, 0.15) is 16.7 Å². The van der Waals surface area contributed by atoms with Crippen molar-refractivity contribution in [1.29, 1.82) is 0 Å². The number of aliphatic imine (C=N–C) groups is 1. The Balaban J connectivity index is 1.48. The summed E-state index contributed by atoms with van der Waals surface area (Å²) in [5.74, 6) is 1.06. The van der Waals surface area contributed by atoms with E-state index < -0.39 is 0 Å². The number of phenols is 1. The zero-order valence-corrected chi connectivity index (χ0v) is 17.0. The van der Waals surface area contributed by atoms with Gasteiger partial charge >= 0.3 is 0 Å². The van der Waals surface area contributed by atoms with Gasteiger partial charge in [0.1, 0.15) is 17.6 Å². The number of pyridine rings is 1. The molecular formula is C25H23N4O2+. The Hall–Kier alpha value is -3.93. The first-order valence-electron chi connectivity index (χ1n) is 10.3. The molecule has 1 saturated heterocycles. The molecule has 3 aromatic rings. The predicted octanol–water partition coefficient (Wildman–Crippen LogP) is 2.46. The molecule has 0 bridgehead atoms. The number of hydrogen-bond acceptors (Lipinski definition) is 4. The molecule has 6 heteroatoms. The Morgan fingerprint density at radius 1 is 1.00 bits per heavy atom. The number of H-pyrrole nitrogens is 1. The Morgan fingerprint density at radius 2 is 1.74 bits per heavy atom. The van der Waals surface area contributed by atoms with Gasteiger partial charge in [-0.1, -0.05) is 42.5 Å². The average molecular weight is 411 g/mol. The topological polar surface area (TPSA) is 79.1 Å². The van der Waals surface area contributed by atoms with Crippen LogP contribution in [0.5, 0.6) is 5.75 Å². The number of carbonyl (C=O) groups is 1. The highest BCUT2D eigenvalue weighted by atomic mass is 16.3. The van der Waals surface area contributed by atoms with Crippen molar-refractivity contribution in [3.8, 4) is 5.75 Å². The number of amides is 1. The number of aromatic hydroxyl groups is 1. The van der Waals surface area contributed by atoms with Crippen LogP contribution in [0.25, 0.3) is 0 Å². The normalized spacial score (nSPS) is 17.9. The molecule has 154 valence electrons. The van der Waals surface area contributed by atoms with E-state index in [4.69, 9.17) is 4.99 Å². The summed E-state index contributed by atoms with van der Waals surface area (Å²) < 4.78 is 0. The van der Waals surface area contributed by atoms with Gasteiger partial charge in [0.05, 0.1) is 18.0 Å². The molecule has 2 aliphatic heterocycles. The number of allylic oxidation sites excluding steroid dienone is 1. The first kappa shape index (κ1) is 19.1. The summed E-state index contributed by atoms with van der Waals surface area (Å²) in [7, 11) is 0. The molecule has 0 aliphatic carbocycles. The van der Waals surface area contributed by atoms with Crippen molar-refractivity contribution in [2.24, 2.45) is 4.99 Å². The molecule has 6 nitrogen and oxygen atoms in total. The Bertz CT molecular complexity index is 1160.